The molecular formula is C18H27N3O4S. The molecule has 1 heterocycles. The van der Waals surface area contributed by atoms with E-state index < -0.39 is 10.0 Å². The Kier molecular flexibility index (Phi) is 5.43. The number of anilines is 2. The molecule has 3 rings (SSSR count). The molecule has 2 amide bonds. The van der Waals surface area contributed by atoms with Crippen LogP contribution >= 0.6 is 0 Å². The quantitative estimate of drug-likeness (QED) is 0.747. The van der Waals surface area contributed by atoms with Gasteiger partial charge in [-0.2, -0.15) is 0 Å². The van der Waals surface area contributed by atoms with Crippen LogP contribution in [-0.4, -0.2) is 39.0 Å². The number of hydrogen-bond donors (Lipinski definition) is 3. The lowest BCUT2D eigenvalue weighted by Gasteiger charge is -2.32. The van der Waals surface area contributed by atoms with Crippen molar-refractivity contribution in [2.75, 3.05) is 22.9 Å². The standard InChI is InChI=1S/C18H27N3O4S/c1-13-6-7-14(21-26(2,23)24)10-16(13)20-17(22)19-15-11-18(25-12-15)8-4-3-5-9-18/h6-7,10,15,21H,3-5,8-9,11-12H2,1-2H3,(H2,19,20,22)/t15-/m1/s1. The Hall–Kier alpha value is -1.80. The Morgan fingerprint density at radius 2 is 1.96 bits per heavy atom. The van der Waals surface area contributed by atoms with Crippen LogP contribution in [0.3, 0.4) is 0 Å². The van der Waals surface area contributed by atoms with E-state index in [1.54, 1.807) is 18.2 Å². The molecule has 1 atom stereocenters. The Morgan fingerprint density at radius 3 is 2.65 bits per heavy atom. The van der Waals surface area contributed by atoms with Crippen molar-refractivity contribution in [1.82, 2.24) is 5.32 Å². The summed E-state index contributed by atoms with van der Waals surface area (Å²) in [6, 6.07) is 4.75. The number of urea groups is 1. The van der Waals surface area contributed by atoms with Gasteiger partial charge >= 0.3 is 6.03 Å². The molecule has 2 fully saturated rings. The Morgan fingerprint density at radius 1 is 1.23 bits per heavy atom. The Labute approximate surface area is 154 Å². The van der Waals surface area contributed by atoms with Gasteiger partial charge < -0.3 is 15.4 Å². The van der Waals surface area contributed by atoms with Gasteiger partial charge in [-0.3, -0.25) is 4.72 Å². The molecule has 1 aliphatic heterocycles. The lowest BCUT2D eigenvalue weighted by atomic mass is 9.82. The van der Waals surface area contributed by atoms with Crippen molar-refractivity contribution in [2.45, 2.75) is 57.1 Å². The number of hydrogen-bond acceptors (Lipinski definition) is 4. The minimum Gasteiger partial charge on any atom is -0.373 e. The zero-order valence-corrected chi connectivity index (χ0v) is 16.1. The Bertz CT molecular complexity index is 773. The highest BCUT2D eigenvalue weighted by Gasteiger charge is 2.41. The average Bonchev–Trinajstić information content (AvgIpc) is 2.92. The van der Waals surface area contributed by atoms with E-state index in [1.807, 2.05) is 6.92 Å². The first-order valence-corrected chi connectivity index (χ1v) is 10.9. The summed E-state index contributed by atoms with van der Waals surface area (Å²) in [5.74, 6) is 0. The summed E-state index contributed by atoms with van der Waals surface area (Å²) in [6.45, 7) is 2.40. The highest BCUT2D eigenvalue weighted by Crippen LogP contribution is 2.39. The largest absolute Gasteiger partial charge is 0.373 e. The van der Waals surface area contributed by atoms with Crippen LogP contribution in [0.25, 0.3) is 0 Å². The molecule has 144 valence electrons. The fraction of sp³-hybridized carbons (Fsp3) is 0.611. The van der Waals surface area contributed by atoms with Crippen molar-refractivity contribution in [3.63, 3.8) is 0 Å². The second-order valence-electron chi connectivity index (χ2n) is 7.46. The van der Waals surface area contributed by atoms with Gasteiger partial charge in [0.05, 0.1) is 30.2 Å². The maximum absolute atomic E-state index is 12.4. The van der Waals surface area contributed by atoms with Crippen LogP contribution in [0.1, 0.15) is 44.1 Å². The minimum atomic E-state index is -3.36. The number of sulfonamides is 1. The lowest BCUT2D eigenvalue weighted by Crippen LogP contribution is -2.39. The Balaban J connectivity index is 1.59. The summed E-state index contributed by atoms with van der Waals surface area (Å²) in [5.41, 5.74) is 1.79. The first kappa shape index (κ1) is 19.0. The number of amides is 2. The predicted octanol–water partition coefficient (Wildman–Crippen LogP) is 2.98. The van der Waals surface area contributed by atoms with Crippen LogP contribution in [0.5, 0.6) is 0 Å². The number of rotatable bonds is 4. The molecule has 0 bridgehead atoms. The van der Waals surface area contributed by atoms with E-state index in [-0.39, 0.29) is 17.7 Å². The van der Waals surface area contributed by atoms with Gasteiger partial charge in [0.2, 0.25) is 10.0 Å². The van der Waals surface area contributed by atoms with E-state index in [4.69, 9.17) is 4.74 Å². The van der Waals surface area contributed by atoms with Crippen LogP contribution in [0.15, 0.2) is 18.2 Å². The van der Waals surface area contributed by atoms with Gasteiger partial charge in [0.25, 0.3) is 0 Å². The van der Waals surface area contributed by atoms with E-state index in [0.717, 1.165) is 31.1 Å². The topological polar surface area (TPSA) is 96.5 Å². The monoisotopic (exact) mass is 381 g/mol. The van der Waals surface area contributed by atoms with Gasteiger partial charge in [-0.1, -0.05) is 25.3 Å². The van der Waals surface area contributed by atoms with Gasteiger partial charge in [-0.15, -0.1) is 0 Å². The molecule has 1 saturated heterocycles. The van der Waals surface area contributed by atoms with Crippen molar-refractivity contribution in [1.29, 1.82) is 0 Å². The summed E-state index contributed by atoms with van der Waals surface area (Å²) < 4.78 is 31.2. The summed E-state index contributed by atoms with van der Waals surface area (Å²) in [4.78, 5) is 12.4. The summed E-state index contributed by atoms with van der Waals surface area (Å²) in [7, 11) is -3.36. The highest BCUT2D eigenvalue weighted by molar-refractivity contribution is 7.92. The number of nitrogens with one attached hydrogen (secondary N) is 3. The molecule has 1 spiro atoms. The van der Waals surface area contributed by atoms with Gasteiger partial charge in [0, 0.05) is 5.69 Å². The van der Waals surface area contributed by atoms with Crippen LogP contribution in [0.4, 0.5) is 16.2 Å². The van der Waals surface area contributed by atoms with Gasteiger partial charge in [0.15, 0.2) is 0 Å². The van der Waals surface area contributed by atoms with Gasteiger partial charge in [-0.05, 0) is 43.9 Å². The third kappa shape index (κ3) is 4.88. The minimum absolute atomic E-state index is 0.00531. The first-order chi connectivity index (χ1) is 12.2. The fourth-order valence-electron chi connectivity index (χ4n) is 3.86. The molecule has 26 heavy (non-hydrogen) atoms. The molecule has 7 nitrogen and oxygen atoms in total. The number of benzene rings is 1. The molecule has 1 aliphatic carbocycles. The molecule has 0 aromatic heterocycles. The van der Waals surface area contributed by atoms with Crippen molar-refractivity contribution in [2.24, 2.45) is 0 Å². The first-order valence-electron chi connectivity index (χ1n) is 9.05. The summed E-state index contributed by atoms with van der Waals surface area (Å²) in [6.07, 6.45) is 7.75. The smallest absolute Gasteiger partial charge is 0.319 e. The maximum atomic E-state index is 12.4. The number of carbonyl (C=O) groups excluding carboxylic acids is 1. The second kappa shape index (κ2) is 7.44. The molecule has 1 saturated carbocycles. The number of aryl methyl sites for hydroxylation is 1. The molecule has 0 radical (unpaired) electrons. The highest BCUT2D eigenvalue weighted by atomic mass is 32.2. The molecule has 0 unspecified atom stereocenters. The van der Waals surface area contributed by atoms with Gasteiger partial charge in [0.1, 0.15) is 0 Å². The molecule has 3 N–H and O–H groups in total. The molecule has 1 aromatic rings. The van der Waals surface area contributed by atoms with Crippen molar-refractivity contribution in [3.05, 3.63) is 23.8 Å². The lowest BCUT2D eigenvalue weighted by molar-refractivity contribution is -0.0245. The van der Waals surface area contributed by atoms with E-state index in [2.05, 4.69) is 15.4 Å². The fourth-order valence-corrected chi connectivity index (χ4v) is 4.41. The van der Waals surface area contributed by atoms with Crippen LogP contribution in [-0.2, 0) is 14.8 Å². The van der Waals surface area contributed by atoms with Crippen LogP contribution < -0.4 is 15.4 Å². The zero-order valence-electron chi connectivity index (χ0n) is 15.3. The van der Waals surface area contributed by atoms with E-state index in [1.165, 1.54) is 19.3 Å². The number of carbonyl (C=O) groups is 1. The summed E-state index contributed by atoms with van der Waals surface area (Å²) in [5, 5.41) is 5.79. The number of ether oxygens (including phenoxy) is 1. The van der Waals surface area contributed by atoms with E-state index >= 15 is 0 Å². The molecule has 8 heteroatoms. The predicted molar refractivity (Wildman–Crippen MR) is 102 cm³/mol. The van der Waals surface area contributed by atoms with E-state index in [0.29, 0.717) is 18.0 Å². The molecule has 2 aliphatic rings. The zero-order chi connectivity index (χ0) is 18.8. The van der Waals surface area contributed by atoms with E-state index in [9.17, 15) is 13.2 Å². The molecule has 1 aromatic carbocycles. The van der Waals surface area contributed by atoms with Crippen molar-refractivity contribution in [3.8, 4) is 0 Å². The van der Waals surface area contributed by atoms with Crippen molar-refractivity contribution < 1.29 is 17.9 Å². The second-order valence-corrected chi connectivity index (χ2v) is 9.21. The average molecular weight is 381 g/mol. The summed E-state index contributed by atoms with van der Waals surface area (Å²) >= 11 is 0. The van der Waals surface area contributed by atoms with Crippen LogP contribution in [0, 0.1) is 6.92 Å². The van der Waals surface area contributed by atoms with Gasteiger partial charge in [-0.25, -0.2) is 13.2 Å². The third-order valence-corrected chi connectivity index (χ3v) is 5.70. The third-order valence-electron chi connectivity index (χ3n) is 5.10. The SMILES string of the molecule is Cc1ccc(NS(C)(=O)=O)cc1NC(=O)N[C@H]1COC2(CCCCC2)C1. The normalized spacial score (nSPS) is 22.2. The maximum Gasteiger partial charge on any atom is 0.319 e. The van der Waals surface area contributed by atoms with Crippen LogP contribution in [0.2, 0.25) is 0 Å². The molecular weight excluding hydrogens is 354 g/mol. The van der Waals surface area contributed by atoms with Crippen molar-refractivity contribution >= 4 is 27.4 Å².